The van der Waals surface area contributed by atoms with Crippen LogP contribution in [0.1, 0.15) is 6.42 Å². The SMILES string of the molecule is COc1ccccc1N(CCC#N)C(=O)CSc1ncccn1. The first-order valence-electron chi connectivity index (χ1n) is 6.96. The minimum Gasteiger partial charge on any atom is -0.495 e. The molecule has 23 heavy (non-hydrogen) atoms. The summed E-state index contributed by atoms with van der Waals surface area (Å²) in [5.41, 5.74) is 0.657. The number of aromatic nitrogens is 2. The van der Waals surface area contributed by atoms with Gasteiger partial charge in [0.25, 0.3) is 0 Å². The van der Waals surface area contributed by atoms with Gasteiger partial charge in [-0.2, -0.15) is 5.26 Å². The Labute approximate surface area is 139 Å². The highest BCUT2D eigenvalue weighted by Gasteiger charge is 2.19. The average molecular weight is 328 g/mol. The molecule has 1 amide bonds. The van der Waals surface area contributed by atoms with Gasteiger partial charge in [0.15, 0.2) is 5.16 Å². The van der Waals surface area contributed by atoms with Gasteiger partial charge in [-0.25, -0.2) is 9.97 Å². The maximum Gasteiger partial charge on any atom is 0.237 e. The number of carbonyl (C=O) groups excluding carboxylic acids is 1. The van der Waals surface area contributed by atoms with Crippen LogP contribution in [0.2, 0.25) is 0 Å². The van der Waals surface area contributed by atoms with Crippen molar-refractivity contribution in [3.05, 3.63) is 42.7 Å². The highest BCUT2D eigenvalue weighted by molar-refractivity contribution is 7.99. The molecule has 0 saturated carbocycles. The molecule has 0 saturated heterocycles. The Balaban J connectivity index is 2.14. The zero-order chi connectivity index (χ0) is 16.5. The Morgan fingerprint density at radius 1 is 1.30 bits per heavy atom. The lowest BCUT2D eigenvalue weighted by molar-refractivity contribution is -0.116. The van der Waals surface area contributed by atoms with Gasteiger partial charge >= 0.3 is 0 Å². The van der Waals surface area contributed by atoms with Crippen LogP contribution in [0.3, 0.4) is 0 Å². The summed E-state index contributed by atoms with van der Waals surface area (Å²) in [6.45, 7) is 0.311. The predicted octanol–water partition coefficient (Wildman–Crippen LogP) is 2.52. The van der Waals surface area contributed by atoms with Gasteiger partial charge in [-0.3, -0.25) is 4.79 Å². The summed E-state index contributed by atoms with van der Waals surface area (Å²) in [6.07, 6.45) is 3.51. The molecular formula is C16H16N4O2S. The first-order valence-corrected chi connectivity index (χ1v) is 7.95. The fourth-order valence-electron chi connectivity index (χ4n) is 1.96. The number of ether oxygens (including phenoxy) is 1. The minimum absolute atomic E-state index is 0.123. The van der Waals surface area contributed by atoms with E-state index in [9.17, 15) is 4.79 Å². The Morgan fingerprint density at radius 3 is 2.74 bits per heavy atom. The topological polar surface area (TPSA) is 79.1 Å². The van der Waals surface area contributed by atoms with Gasteiger partial charge in [-0.05, 0) is 18.2 Å². The molecule has 0 N–H and O–H groups in total. The number of methoxy groups -OCH3 is 1. The number of para-hydroxylation sites is 2. The molecule has 0 aliphatic heterocycles. The lowest BCUT2D eigenvalue weighted by atomic mass is 10.2. The number of thioether (sulfide) groups is 1. The molecule has 118 valence electrons. The van der Waals surface area contributed by atoms with Crippen molar-refractivity contribution in [3.8, 4) is 11.8 Å². The van der Waals surface area contributed by atoms with E-state index in [1.54, 1.807) is 42.6 Å². The number of nitriles is 1. The second-order valence-electron chi connectivity index (χ2n) is 4.45. The molecule has 1 aromatic carbocycles. The molecule has 1 heterocycles. The van der Waals surface area contributed by atoms with Crippen molar-refractivity contribution in [2.24, 2.45) is 0 Å². The molecule has 2 rings (SSSR count). The van der Waals surface area contributed by atoms with Gasteiger partial charge < -0.3 is 9.64 Å². The summed E-state index contributed by atoms with van der Waals surface area (Å²) in [5.74, 6) is 0.662. The van der Waals surface area contributed by atoms with Crippen LogP contribution in [-0.2, 0) is 4.79 Å². The third kappa shape index (κ3) is 4.69. The Morgan fingerprint density at radius 2 is 2.04 bits per heavy atom. The molecule has 0 aliphatic carbocycles. The molecular weight excluding hydrogens is 312 g/mol. The summed E-state index contributed by atoms with van der Waals surface area (Å²) in [7, 11) is 1.55. The Hall–Kier alpha value is -2.59. The largest absolute Gasteiger partial charge is 0.495 e. The number of hydrogen-bond acceptors (Lipinski definition) is 6. The fourth-order valence-corrected chi connectivity index (χ4v) is 2.64. The maximum atomic E-state index is 12.6. The molecule has 0 spiro atoms. The lowest BCUT2D eigenvalue weighted by Crippen LogP contribution is -2.33. The fraction of sp³-hybridized carbons (Fsp3) is 0.250. The van der Waals surface area contributed by atoms with E-state index in [2.05, 4.69) is 16.0 Å². The number of rotatable bonds is 7. The van der Waals surface area contributed by atoms with Gasteiger partial charge in [0.1, 0.15) is 5.75 Å². The minimum atomic E-state index is -0.123. The standard InChI is InChI=1S/C16H16N4O2S/c1-22-14-7-3-2-6-13(14)20(11-4-8-17)15(21)12-23-16-18-9-5-10-19-16/h2-3,5-7,9-10H,4,11-12H2,1H3. The van der Waals surface area contributed by atoms with Gasteiger partial charge in [-0.1, -0.05) is 23.9 Å². The molecule has 0 radical (unpaired) electrons. The van der Waals surface area contributed by atoms with Crippen LogP contribution >= 0.6 is 11.8 Å². The summed E-state index contributed by atoms with van der Waals surface area (Å²) in [6, 6.07) is 11.0. The van der Waals surface area contributed by atoms with E-state index in [1.807, 2.05) is 12.1 Å². The van der Waals surface area contributed by atoms with Crippen LogP contribution in [0.25, 0.3) is 0 Å². The van der Waals surface area contributed by atoms with Crippen LogP contribution in [-0.4, -0.2) is 35.3 Å². The molecule has 1 aromatic heterocycles. The first-order chi connectivity index (χ1) is 11.3. The van der Waals surface area contributed by atoms with E-state index in [0.717, 1.165) is 0 Å². The number of nitrogens with zero attached hydrogens (tertiary/aromatic N) is 4. The van der Waals surface area contributed by atoms with Crippen LogP contribution in [0, 0.1) is 11.3 Å². The van der Waals surface area contributed by atoms with Crippen molar-refractivity contribution >= 4 is 23.4 Å². The van der Waals surface area contributed by atoms with Crippen LogP contribution in [0.15, 0.2) is 47.9 Å². The van der Waals surface area contributed by atoms with Crippen molar-refractivity contribution in [1.82, 2.24) is 9.97 Å². The van der Waals surface area contributed by atoms with Crippen molar-refractivity contribution in [2.75, 3.05) is 24.3 Å². The second kappa shape index (κ2) is 8.76. The first kappa shape index (κ1) is 16.8. The number of benzene rings is 1. The van der Waals surface area contributed by atoms with Crippen LogP contribution < -0.4 is 9.64 Å². The molecule has 0 aliphatic rings. The van der Waals surface area contributed by atoms with Crippen molar-refractivity contribution in [2.45, 2.75) is 11.6 Å². The van der Waals surface area contributed by atoms with Gasteiger partial charge in [0.2, 0.25) is 5.91 Å². The van der Waals surface area contributed by atoms with Crippen LogP contribution in [0.5, 0.6) is 5.75 Å². The highest BCUT2D eigenvalue weighted by atomic mass is 32.2. The predicted molar refractivity (Wildman–Crippen MR) is 88.3 cm³/mol. The van der Waals surface area contributed by atoms with E-state index in [-0.39, 0.29) is 18.1 Å². The second-order valence-corrected chi connectivity index (χ2v) is 5.39. The van der Waals surface area contributed by atoms with E-state index in [0.29, 0.717) is 23.1 Å². The average Bonchev–Trinajstić information content (AvgIpc) is 2.61. The van der Waals surface area contributed by atoms with E-state index < -0.39 is 0 Å². The third-order valence-electron chi connectivity index (χ3n) is 2.99. The summed E-state index contributed by atoms with van der Waals surface area (Å²) in [5, 5.41) is 9.38. The smallest absolute Gasteiger partial charge is 0.237 e. The van der Waals surface area contributed by atoms with E-state index in [1.165, 1.54) is 11.8 Å². The molecule has 0 fully saturated rings. The Bertz CT molecular complexity index is 688. The number of hydrogen-bond donors (Lipinski definition) is 0. The molecule has 0 bridgehead atoms. The maximum absolute atomic E-state index is 12.6. The van der Waals surface area contributed by atoms with Crippen molar-refractivity contribution in [3.63, 3.8) is 0 Å². The van der Waals surface area contributed by atoms with E-state index in [4.69, 9.17) is 10.00 Å². The normalized spacial score (nSPS) is 9.91. The van der Waals surface area contributed by atoms with E-state index >= 15 is 0 Å². The number of carbonyl (C=O) groups is 1. The molecule has 6 nitrogen and oxygen atoms in total. The highest BCUT2D eigenvalue weighted by Crippen LogP contribution is 2.28. The third-order valence-corrected chi connectivity index (χ3v) is 3.85. The lowest BCUT2D eigenvalue weighted by Gasteiger charge is -2.23. The molecule has 0 unspecified atom stereocenters. The van der Waals surface area contributed by atoms with Gasteiger partial charge in [0.05, 0.1) is 31.0 Å². The van der Waals surface area contributed by atoms with Crippen molar-refractivity contribution < 1.29 is 9.53 Å². The van der Waals surface area contributed by atoms with Gasteiger partial charge in [0, 0.05) is 18.9 Å². The van der Waals surface area contributed by atoms with Crippen LogP contribution in [0.4, 0.5) is 5.69 Å². The molecule has 2 aromatic rings. The van der Waals surface area contributed by atoms with Gasteiger partial charge in [-0.15, -0.1) is 0 Å². The Kier molecular flexibility index (Phi) is 6.39. The zero-order valence-electron chi connectivity index (χ0n) is 12.7. The quantitative estimate of drug-likeness (QED) is 0.574. The monoisotopic (exact) mass is 328 g/mol. The molecule has 7 heteroatoms. The molecule has 0 atom stereocenters. The van der Waals surface area contributed by atoms with Crippen molar-refractivity contribution in [1.29, 1.82) is 5.26 Å². The summed E-state index contributed by atoms with van der Waals surface area (Å²) in [4.78, 5) is 22.3. The number of amides is 1. The number of anilines is 1. The summed E-state index contributed by atoms with van der Waals surface area (Å²) < 4.78 is 5.31. The summed E-state index contributed by atoms with van der Waals surface area (Å²) >= 11 is 1.26. The zero-order valence-corrected chi connectivity index (χ0v) is 13.5.